The van der Waals surface area contributed by atoms with Crippen molar-refractivity contribution in [2.45, 2.75) is 27.2 Å². The molecule has 19 heavy (non-hydrogen) atoms. The number of carbonyl (C=O) groups is 2. The first kappa shape index (κ1) is 15.2. The fourth-order valence-electron chi connectivity index (χ4n) is 1.59. The Morgan fingerprint density at radius 2 is 2.00 bits per heavy atom. The zero-order valence-corrected chi connectivity index (χ0v) is 12.1. The van der Waals surface area contributed by atoms with Gasteiger partial charge in [-0.15, -0.1) is 0 Å². The van der Waals surface area contributed by atoms with Crippen molar-refractivity contribution >= 4 is 17.5 Å². The fraction of sp³-hybridized carbons (Fsp3) is 0.467. The first-order chi connectivity index (χ1) is 8.90. The van der Waals surface area contributed by atoms with Gasteiger partial charge in [-0.3, -0.25) is 4.79 Å². The van der Waals surface area contributed by atoms with Crippen LogP contribution in [0, 0.1) is 5.92 Å². The number of hydrogen-bond donors (Lipinski definition) is 1. The third kappa shape index (κ3) is 5.12. The quantitative estimate of drug-likeness (QED) is 0.827. The lowest BCUT2D eigenvalue weighted by molar-refractivity contribution is 0.101. The molecule has 0 radical (unpaired) electrons. The molecule has 0 saturated heterocycles. The van der Waals surface area contributed by atoms with Gasteiger partial charge in [-0.2, -0.15) is 0 Å². The second-order valence-corrected chi connectivity index (χ2v) is 5.17. The van der Waals surface area contributed by atoms with Gasteiger partial charge in [0, 0.05) is 24.8 Å². The Morgan fingerprint density at radius 1 is 1.32 bits per heavy atom. The molecule has 2 amide bonds. The minimum absolute atomic E-state index is 0.00994. The molecule has 1 rings (SSSR count). The van der Waals surface area contributed by atoms with Gasteiger partial charge in [0.1, 0.15) is 0 Å². The van der Waals surface area contributed by atoms with Crippen LogP contribution in [0.3, 0.4) is 0 Å². The molecule has 104 valence electrons. The monoisotopic (exact) mass is 262 g/mol. The van der Waals surface area contributed by atoms with Gasteiger partial charge in [0.05, 0.1) is 0 Å². The summed E-state index contributed by atoms with van der Waals surface area (Å²) in [6.45, 7) is 6.48. The highest BCUT2D eigenvalue weighted by molar-refractivity contribution is 5.96. The molecule has 0 spiro atoms. The van der Waals surface area contributed by atoms with Crippen molar-refractivity contribution in [1.82, 2.24) is 4.90 Å². The van der Waals surface area contributed by atoms with Gasteiger partial charge in [0.15, 0.2) is 5.78 Å². The van der Waals surface area contributed by atoms with Crippen molar-refractivity contribution < 1.29 is 9.59 Å². The molecule has 0 heterocycles. The molecule has 0 saturated carbocycles. The van der Waals surface area contributed by atoms with E-state index in [0.29, 0.717) is 17.2 Å². The average molecular weight is 262 g/mol. The van der Waals surface area contributed by atoms with Gasteiger partial charge in [0.25, 0.3) is 0 Å². The molecule has 0 aliphatic heterocycles. The van der Waals surface area contributed by atoms with Crippen molar-refractivity contribution in [3.8, 4) is 0 Å². The molecule has 1 aromatic rings. The number of Topliss-reactive ketones (excluding diaryl/α,β-unsaturated/α-hetero) is 1. The highest BCUT2D eigenvalue weighted by atomic mass is 16.2. The van der Waals surface area contributed by atoms with E-state index in [9.17, 15) is 9.59 Å². The third-order valence-corrected chi connectivity index (χ3v) is 2.91. The Labute approximate surface area is 114 Å². The van der Waals surface area contributed by atoms with Crippen LogP contribution in [-0.2, 0) is 0 Å². The molecule has 4 heteroatoms. The second kappa shape index (κ2) is 6.92. The number of anilines is 1. The Morgan fingerprint density at radius 3 is 2.58 bits per heavy atom. The number of rotatable bonds is 5. The lowest BCUT2D eigenvalue weighted by atomic mass is 10.1. The predicted octanol–water partition coefficient (Wildman–Crippen LogP) is 3.40. The minimum Gasteiger partial charge on any atom is -0.328 e. The van der Waals surface area contributed by atoms with Crippen molar-refractivity contribution in [2.24, 2.45) is 5.92 Å². The van der Waals surface area contributed by atoms with Crippen LogP contribution in [0.1, 0.15) is 37.6 Å². The number of ketones is 1. The van der Waals surface area contributed by atoms with E-state index in [1.165, 1.54) is 6.92 Å². The fourth-order valence-corrected chi connectivity index (χ4v) is 1.59. The summed E-state index contributed by atoms with van der Waals surface area (Å²) in [5.41, 5.74) is 1.25. The van der Waals surface area contributed by atoms with E-state index in [1.807, 2.05) is 0 Å². The maximum atomic E-state index is 11.9. The Hall–Kier alpha value is -1.84. The Bertz CT molecular complexity index is 455. The summed E-state index contributed by atoms with van der Waals surface area (Å²) in [4.78, 5) is 24.9. The van der Waals surface area contributed by atoms with Crippen LogP contribution in [0.25, 0.3) is 0 Å². The first-order valence-electron chi connectivity index (χ1n) is 6.53. The van der Waals surface area contributed by atoms with Crippen molar-refractivity contribution in [3.05, 3.63) is 29.8 Å². The zero-order chi connectivity index (χ0) is 14.4. The molecule has 0 bridgehead atoms. The van der Waals surface area contributed by atoms with E-state index in [1.54, 1.807) is 36.2 Å². The van der Waals surface area contributed by atoms with Gasteiger partial charge in [-0.25, -0.2) is 4.79 Å². The predicted molar refractivity (Wildman–Crippen MR) is 77.6 cm³/mol. The van der Waals surface area contributed by atoms with Crippen molar-refractivity contribution in [2.75, 3.05) is 18.9 Å². The Balaban J connectivity index is 2.61. The number of nitrogens with one attached hydrogen (secondary N) is 1. The minimum atomic E-state index is -0.152. The third-order valence-electron chi connectivity index (χ3n) is 2.91. The zero-order valence-electron chi connectivity index (χ0n) is 12.1. The van der Waals surface area contributed by atoms with Gasteiger partial charge < -0.3 is 10.2 Å². The van der Waals surface area contributed by atoms with Gasteiger partial charge in [0.2, 0.25) is 0 Å². The van der Waals surface area contributed by atoms with Crippen LogP contribution in [0.15, 0.2) is 24.3 Å². The number of hydrogen-bond acceptors (Lipinski definition) is 2. The topological polar surface area (TPSA) is 49.4 Å². The van der Waals surface area contributed by atoms with Crippen molar-refractivity contribution in [1.29, 1.82) is 0 Å². The normalized spacial score (nSPS) is 10.4. The molecule has 0 aromatic heterocycles. The Kier molecular flexibility index (Phi) is 5.55. The van der Waals surface area contributed by atoms with Gasteiger partial charge in [-0.05, 0) is 31.4 Å². The summed E-state index contributed by atoms with van der Waals surface area (Å²) in [6.07, 6.45) is 0.970. The standard InChI is InChI=1S/C15H22N2O2/c1-11(2)8-9-17(4)15(19)16-14-7-5-6-13(10-14)12(3)18/h5-7,10-11H,8-9H2,1-4H3,(H,16,19). The number of benzene rings is 1. The summed E-state index contributed by atoms with van der Waals surface area (Å²) in [6, 6.07) is 6.82. The molecule has 1 N–H and O–H groups in total. The maximum absolute atomic E-state index is 11.9. The van der Waals surface area contributed by atoms with Crippen LogP contribution in [0.5, 0.6) is 0 Å². The van der Waals surface area contributed by atoms with Crippen molar-refractivity contribution in [3.63, 3.8) is 0 Å². The maximum Gasteiger partial charge on any atom is 0.321 e. The lowest BCUT2D eigenvalue weighted by Crippen LogP contribution is -2.32. The summed E-state index contributed by atoms with van der Waals surface area (Å²) >= 11 is 0. The molecule has 0 fully saturated rings. The number of nitrogens with zero attached hydrogens (tertiary/aromatic N) is 1. The van der Waals surface area contributed by atoms with Gasteiger partial charge in [-0.1, -0.05) is 26.0 Å². The van der Waals surface area contributed by atoms with Crippen LogP contribution in [-0.4, -0.2) is 30.3 Å². The molecular weight excluding hydrogens is 240 g/mol. The highest BCUT2D eigenvalue weighted by Gasteiger charge is 2.10. The largest absolute Gasteiger partial charge is 0.328 e. The van der Waals surface area contributed by atoms with Gasteiger partial charge >= 0.3 is 6.03 Å². The molecule has 0 aliphatic carbocycles. The molecule has 4 nitrogen and oxygen atoms in total. The lowest BCUT2D eigenvalue weighted by Gasteiger charge is -2.19. The summed E-state index contributed by atoms with van der Waals surface area (Å²) in [5, 5.41) is 2.80. The summed E-state index contributed by atoms with van der Waals surface area (Å²) in [7, 11) is 1.77. The molecule has 1 aromatic carbocycles. The van der Waals surface area contributed by atoms with Crippen LogP contribution >= 0.6 is 0 Å². The van der Waals surface area contributed by atoms with E-state index in [2.05, 4.69) is 19.2 Å². The van der Waals surface area contributed by atoms with Crippen LogP contribution in [0.4, 0.5) is 10.5 Å². The summed E-state index contributed by atoms with van der Waals surface area (Å²) in [5.74, 6) is 0.556. The van der Waals surface area contributed by atoms with E-state index in [4.69, 9.17) is 0 Å². The highest BCUT2D eigenvalue weighted by Crippen LogP contribution is 2.12. The van der Waals surface area contributed by atoms with E-state index in [-0.39, 0.29) is 11.8 Å². The smallest absolute Gasteiger partial charge is 0.321 e. The van der Waals surface area contributed by atoms with E-state index < -0.39 is 0 Å². The second-order valence-electron chi connectivity index (χ2n) is 5.17. The number of amides is 2. The van der Waals surface area contributed by atoms with Crippen LogP contribution in [0.2, 0.25) is 0 Å². The number of carbonyl (C=O) groups excluding carboxylic acids is 2. The van der Waals surface area contributed by atoms with E-state index in [0.717, 1.165) is 13.0 Å². The average Bonchev–Trinajstić information content (AvgIpc) is 2.36. The molecule has 0 atom stereocenters. The number of urea groups is 1. The van der Waals surface area contributed by atoms with E-state index >= 15 is 0 Å². The SMILES string of the molecule is CC(=O)c1cccc(NC(=O)N(C)CCC(C)C)c1. The molecular formula is C15H22N2O2. The van der Waals surface area contributed by atoms with Crippen LogP contribution < -0.4 is 5.32 Å². The molecule has 0 unspecified atom stereocenters. The first-order valence-corrected chi connectivity index (χ1v) is 6.53. The molecule has 0 aliphatic rings. The summed E-state index contributed by atoms with van der Waals surface area (Å²) < 4.78 is 0.